The fourth-order valence-electron chi connectivity index (χ4n) is 3.19. The summed E-state index contributed by atoms with van der Waals surface area (Å²) in [6.45, 7) is 7.13. The van der Waals surface area contributed by atoms with Crippen LogP contribution in [0, 0.1) is 18.8 Å². The Morgan fingerprint density at radius 1 is 1.14 bits per heavy atom. The second-order valence-corrected chi connectivity index (χ2v) is 6.37. The highest BCUT2D eigenvalue weighted by atomic mass is 16.3. The highest BCUT2D eigenvalue weighted by molar-refractivity contribution is 5.21. The maximum absolute atomic E-state index is 9.60. The van der Waals surface area contributed by atoms with Crippen molar-refractivity contribution >= 4 is 0 Å². The topological polar surface area (TPSA) is 46.9 Å². The van der Waals surface area contributed by atoms with Crippen LogP contribution >= 0.6 is 0 Å². The molecule has 1 aliphatic heterocycles. The molecule has 0 radical (unpaired) electrons. The number of likely N-dealkylation sites (tertiary alicyclic amines) is 1. The Morgan fingerprint density at radius 2 is 1.81 bits per heavy atom. The van der Waals surface area contributed by atoms with E-state index in [0.29, 0.717) is 18.4 Å². The average molecular weight is 292 g/mol. The van der Waals surface area contributed by atoms with Gasteiger partial charge in [-0.15, -0.1) is 0 Å². The van der Waals surface area contributed by atoms with Crippen molar-refractivity contribution in [3.05, 3.63) is 35.4 Å². The van der Waals surface area contributed by atoms with E-state index in [2.05, 4.69) is 41.0 Å². The molecule has 2 rings (SSSR count). The first kappa shape index (κ1) is 16.4. The predicted molar refractivity (Wildman–Crippen MR) is 85.1 cm³/mol. The van der Waals surface area contributed by atoms with Crippen molar-refractivity contribution in [1.29, 1.82) is 0 Å². The van der Waals surface area contributed by atoms with Crippen molar-refractivity contribution in [2.45, 2.75) is 13.5 Å². The molecule has 21 heavy (non-hydrogen) atoms. The minimum atomic E-state index is 0.195. The van der Waals surface area contributed by atoms with E-state index in [1.54, 1.807) is 0 Å². The van der Waals surface area contributed by atoms with Gasteiger partial charge in [0.15, 0.2) is 0 Å². The summed E-state index contributed by atoms with van der Waals surface area (Å²) in [5, 5.41) is 18.6. The summed E-state index contributed by atoms with van der Waals surface area (Å²) in [7, 11) is 2.04. The van der Waals surface area contributed by atoms with Crippen LogP contribution in [0.15, 0.2) is 24.3 Å². The van der Waals surface area contributed by atoms with E-state index in [-0.39, 0.29) is 13.2 Å². The lowest BCUT2D eigenvalue weighted by atomic mass is 9.96. The van der Waals surface area contributed by atoms with Crippen molar-refractivity contribution in [2.75, 3.05) is 46.4 Å². The first-order valence-electron chi connectivity index (χ1n) is 7.80. The lowest BCUT2D eigenvalue weighted by Crippen LogP contribution is -2.32. The molecule has 0 amide bonds. The lowest BCUT2D eigenvalue weighted by Gasteiger charge is -2.23. The van der Waals surface area contributed by atoms with Crippen LogP contribution in [0.1, 0.15) is 11.1 Å². The molecule has 1 aromatic rings. The molecule has 2 N–H and O–H groups in total. The van der Waals surface area contributed by atoms with Crippen molar-refractivity contribution < 1.29 is 10.2 Å². The van der Waals surface area contributed by atoms with Crippen LogP contribution in [0.3, 0.4) is 0 Å². The van der Waals surface area contributed by atoms with Crippen LogP contribution in [0.25, 0.3) is 0 Å². The fourth-order valence-corrected chi connectivity index (χ4v) is 3.19. The first-order chi connectivity index (χ1) is 10.1. The third-order valence-electron chi connectivity index (χ3n) is 4.44. The van der Waals surface area contributed by atoms with E-state index in [1.807, 2.05) is 7.05 Å². The molecule has 1 heterocycles. The molecule has 1 saturated heterocycles. The standard InChI is InChI=1S/C17H28N2O2/c1-14-3-5-15(6-4-14)9-19-11-16(17(12-19)13-21)10-18(2)7-8-20/h3-6,16-17,20-21H,7-13H2,1-2H3/t16-,17-/m1/s1. The van der Waals surface area contributed by atoms with Crippen LogP contribution < -0.4 is 0 Å². The molecule has 118 valence electrons. The minimum Gasteiger partial charge on any atom is -0.396 e. The summed E-state index contributed by atoms with van der Waals surface area (Å²) in [5.74, 6) is 0.827. The van der Waals surface area contributed by atoms with Gasteiger partial charge in [0, 0.05) is 39.3 Å². The molecule has 1 aliphatic rings. The van der Waals surface area contributed by atoms with Crippen molar-refractivity contribution in [3.8, 4) is 0 Å². The van der Waals surface area contributed by atoms with Gasteiger partial charge < -0.3 is 15.1 Å². The Balaban J connectivity index is 1.90. The summed E-state index contributed by atoms with van der Waals surface area (Å²) >= 11 is 0. The van der Waals surface area contributed by atoms with Gasteiger partial charge >= 0.3 is 0 Å². The predicted octanol–water partition coefficient (Wildman–Crippen LogP) is 0.959. The maximum Gasteiger partial charge on any atom is 0.0558 e. The second-order valence-electron chi connectivity index (χ2n) is 6.37. The summed E-state index contributed by atoms with van der Waals surface area (Å²) < 4.78 is 0. The Kier molecular flexibility index (Phi) is 6.18. The molecule has 0 saturated carbocycles. The van der Waals surface area contributed by atoms with Crippen molar-refractivity contribution in [2.24, 2.45) is 11.8 Å². The third-order valence-corrected chi connectivity index (χ3v) is 4.44. The third kappa shape index (κ3) is 4.78. The maximum atomic E-state index is 9.60. The number of hydrogen-bond donors (Lipinski definition) is 2. The quantitative estimate of drug-likeness (QED) is 0.786. The molecule has 0 spiro atoms. The van der Waals surface area contributed by atoms with Gasteiger partial charge in [0.05, 0.1) is 6.61 Å². The summed E-state index contributed by atoms with van der Waals surface area (Å²) in [4.78, 5) is 4.59. The summed E-state index contributed by atoms with van der Waals surface area (Å²) in [6.07, 6.45) is 0. The first-order valence-corrected chi connectivity index (χ1v) is 7.80. The van der Waals surface area contributed by atoms with Crippen molar-refractivity contribution in [3.63, 3.8) is 0 Å². The van der Waals surface area contributed by atoms with Gasteiger partial charge in [-0.05, 0) is 31.4 Å². The molecule has 4 heteroatoms. The van der Waals surface area contributed by atoms with E-state index in [0.717, 1.165) is 26.2 Å². The number of rotatable bonds is 7. The minimum absolute atomic E-state index is 0.195. The van der Waals surface area contributed by atoms with E-state index < -0.39 is 0 Å². The summed E-state index contributed by atoms with van der Waals surface area (Å²) in [6, 6.07) is 8.69. The monoisotopic (exact) mass is 292 g/mol. The molecule has 0 aromatic heterocycles. The van der Waals surface area contributed by atoms with Gasteiger partial charge in [-0.25, -0.2) is 0 Å². The molecular formula is C17H28N2O2. The number of aryl methyl sites for hydroxylation is 1. The number of nitrogens with zero attached hydrogens (tertiary/aromatic N) is 2. The van der Waals surface area contributed by atoms with E-state index >= 15 is 0 Å². The molecule has 4 nitrogen and oxygen atoms in total. The molecule has 1 aromatic carbocycles. The zero-order valence-corrected chi connectivity index (χ0v) is 13.2. The molecular weight excluding hydrogens is 264 g/mol. The Bertz CT molecular complexity index is 421. The molecule has 2 atom stereocenters. The highest BCUT2D eigenvalue weighted by Crippen LogP contribution is 2.25. The second kappa shape index (κ2) is 7.90. The molecule has 1 fully saturated rings. The normalized spacial score (nSPS) is 23.1. The Morgan fingerprint density at radius 3 is 2.43 bits per heavy atom. The highest BCUT2D eigenvalue weighted by Gasteiger charge is 2.32. The Labute approximate surface area is 128 Å². The van der Waals surface area contributed by atoms with E-state index in [9.17, 15) is 5.11 Å². The van der Waals surface area contributed by atoms with Gasteiger partial charge in [-0.1, -0.05) is 29.8 Å². The van der Waals surface area contributed by atoms with Gasteiger partial charge in [0.1, 0.15) is 0 Å². The summed E-state index contributed by atoms with van der Waals surface area (Å²) in [5.41, 5.74) is 2.62. The van der Waals surface area contributed by atoms with Gasteiger partial charge in [0.2, 0.25) is 0 Å². The number of aliphatic hydroxyl groups is 2. The van der Waals surface area contributed by atoms with E-state index in [1.165, 1.54) is 11.1 Å². The smallest absolute Gasteiger partial charge is 0.0558 e. The fraction of sp³-hybridized carbons (Fsp3) is 0.647. The number of aliphatic hydroxyl groups excluding tert-OH is 2. The number of hydrogen-bond acceptors (Lipinski definition) is 4. The molecule has 0 aliphatic carbocycles. The molecule has 0 unspecified atom stereocenters. The van der Waals surface area contributed by atoms with Crippen LogP contribution in [0.5, 0.6) is 0 Å². The van der Waals surface area contributed by atoms with Crippen LogP contribution in [0.2, 0.25) is 0 Å². The zero-order chi connectivity index (χ0) is 15.2. The van der Waals surface area contributed by atoms with Gasteiger partial charge in [-0.2, -0.15) is 0 Å². The lowest BCUT2D eigenvalue weighted by molar-refractivity contribution is 0.160. The zero-order valence-electron chi connectivity index (χ0n) is 13.2. The van der Waals surface area contributed by atoms with Crippen LogP contribution in [-0.2, 0) is 6.54 Å². The van der Waals surface area contributed by atoms with Crippen LogP contribution in [-0.4, -0.2) is 66.5 Å². The number of benzene rings is 1. The molecule has 0 bridgehead atoms. The average Bonchev–Trinajstić information content (AvgIpc) is 2.83. The van der Waals surface area contributed by atoms with Crippen molar-refractivity contribution in [1.82, 2.24) is 9.80 Å². The largest absolute Gasteiger partial charge is 0.396 e. The number of likely N-dealkylation sites (N-methyl/N-ethyl adjacent to an activating group) is 1. The SMILES string of the molecule is Cc1ccc(CN2C[C@@H](CN(C)CCO)[C@@H](CO)C2)cc1. The van der Waals surface area contributed by atoms with Gasteiger partial charge in [0.25, 0.3) is 0 Å². The Hall–Kier alpha value is -0.940. The van der Waals surface area contributed by atoms with E-state index in [4.69, 9.17) is 5.11 Å². The van der Waals surface area contributed by atoms with Crippen LogP contribution in [0.4, 0.5) is 0 Å². The van der Waals surface area contributed by atoms with Gasteiger partial charge in [-0.3, -0.25) is 4.90 Å².